The van der Waals surface area contributed by atoms with Gasteiger partial charge in [-0.15, -0.1) is 24.0 Å². The number of amides is 1. The third-order valence-electron chi connectivity index (χ3n) is 4.82. The molecule has 1 aromatic heterocycles. The molecular formula is C19H30IN5O2. The highest BCUT2D eigenvalue weighted by Crippen LogP contribution is 2.16. The van der Waals surface area contributed by atoms with Gasteiger partial charge in [0.05, 0.1) is 0 Å². The second-order valence-electron chi connectivity index (χ2n) is 6.66. The summed E-state index contributed by atoms with van der Waals surface area (Å²) in [6, 6.07) is 4.03. The Kier molecular flexibility index (Phi) is 9.26. The standard InChI is InChI=1S/C19H29N5O2.HI/c1-2-21-19(22-9-7-16-5-3-8-20-15-16)24-12-10-23(11-13-24)18(25)17-6-4-14-26-17;/h3,5,8,15,17H,2,4,6-7,9-14H2,1H3,(H,21,22);1H. The van der Waals surface area contributed by atoms with Crippen LogP contribution in [-0.4, -0.2) is 78.6 Å². The van der Waals surface area contributed by atoms with Crippen molar-refractivity contribution in [2.45, 2.75) is 32.3 Å². The lowest BCUT2D eigenvalue weighted by atomic mass is 10.2. The van der Waals surface area contributed by atoms with E-state index in [1.54, 1.807) is 6.20 Å². The van der Waals surface area contributed by atoms with E-state index in [2.05, 4.69) is 28.2 Å². The van der Waals surface area contributed by atoms with Gasteiger partial charge in [0, 0.05) is 58.3 Å². The molecule has 2 aliphatic rings. The molecule has 0 aromatic carbocycles. The minimum atomic E-state index is -0.220. The molecule has 1 N–H and O–H groups in total. The predicted octanol–water partition coefficient (Wildman–Crippen LogP) is 1.53. The number of rotatable bonds is 5. The molecule has 3 rings (SSSR count). The highest BCUT2D eigenvalue weighted by atomic mass is 127. The maximum atomic E-state index is 12.5. The molecule has 1 aromatic rings. The van der Waals surface area contributed by atoms with Gasteiger partial charge in [0.1, 0.15) is 6.10 Å². The highest BCUT2D eigenvalue weighted by molar-refractivity contribution is 14.0. The van der Waals surface area contributed by atoms with E-state index in [0.717, 1.165) is 64.5 Å². The van der Waals surface area contributed by atoms with Crippen molar-refractivity contribution < 1.29 is 9.53 Å². The van der Waals surface area contributed by atoms with Crippen LogP contribution in [-0.2, 0) is 16.0 Å². The molecule has 7 nitrogen and oxygen atoms in total. The Bertz CT molecular complexity index is 599. The second-order valence-corrected chi connectivity index (χ2v) is 6.66. The average Bonchev–Trinajstić information content (AvgIpc) is 3.23. The van der Waals surface area contributed by atoms with Gasteiger partial charge < -0.3 is 19.9 Å². The van der Waals surface area contributed by atoms with E-state index in [-0.39, 0.29) is 36.0 Å². The molecule has 2 aliphatic heterocycles. The zero-order chi connectivity index (χ0) is 18.2. The van der Waals surface area contributed by atoms with Crippen LogP contribution < -0.4 is 5.32 Å². The number of ether oxygens (including phenoxy) is 1. The summed E-state index contributed by atoms with van der Waals surface area (Å²) in [4.78, 5) is 25.5. The van der Waals surface area contributed by atoms with E-state index in [4.69, 9.17) is 9.73 Å². The summed E-state index contributed by atoms with van der Waals surface area (Å²) in [6.45, 7) is 7.41. The van der Waals surface area contributed by atoms with Crippen LogP contribution in [0.3, 0.4) is 0 Å². The van der Waals surface area contributed by atoms with Gasteiger partial charge in [0.15, 0.2) is 5.96 Å². The normalized spacial score (nSPS) is 20.3. The van der Waals surface area contributed by atoms with E-state index in [9.17, 15) is 4.79 Å². The largest absolute Gasteiger partial charge is 0.368 e. The number of carbonyl (C=O) groups excluding carboxylic acids is 1. The monoisotopic (exact) mass is 487 g/mol. The quantitative estimate of drug-likeness (QED) is 0.388. The topological polar surface area (TPSA) is 70.1 Å². The van der Waals surface area contributed by atoms with E-state index in [0.29, 0.717) is 6.61 Å². The molecule has 1 amide bonds. The molecule has 0 aliphatic carbocycles. The van der Waals surface area contributed by atoms with Crippen molar-refractivity contribution in [3.05, 3.63) is 30.1 Å². The predicted molar refractivity (Wildman–Crippen MR) is 116 cm³/mol. The molecule has 2 saturated heterocycles. The fraction of sp³-hybridized carbons (Fsp3) is 0.632. The van der Waals surface area contributed by atoms with Crippen LogP contribution in [0.5, 0.6) is 0 Å². The SMILES string of the molecule is CCNC(=NCCc1cccnc1)N1CCN(C(=O)C2CCCO2)CC1.I. The Morgan fingerprint density at radius 2 is 2.11 bits per heavy atom. The number of guanidine groups is 1. The van der Waals surface area contributed by atoms with Crippen LogP contribution in [0.25, 0.3) is 0 Å². The summed E-state index contributed by atoms with van der Waals surface area (Å²) in [7, 11) is 0. The third-order valence-corrected chi connectivity index (χ3v) is 4.82. The van der Waals surface area contributed by atoms with Crippen LogP contribution in [0.15, 0.2) is 29.5 Å². The Balaban J connectivity index is 0.00000261. The van der Waals surface area contributed by atoms with Gasteiger partial charge in [-0.05, 0) is 37.8 Å². The number of halogens is 1. The van der Waals surface area contributed by atoms with Crippen molar-refractivity contribution in [1.82, 2.24) is 20.1 Å². The maximum absolute atomic E-state index is 12.5. The fourth-order valence-electron chi connectivity index (χ4n) is 3.38. The van der Waals surface area contributed by atoms with Crippen molar-refractivity contribution in [3.63, 3.8) is 0 Å². The molecule has 150 valence electrons. The number of aliphatic imine (C=N–C) groups is 1. The van der Waals surface area contributed by atoms with Gasteiger partial charge in [0.25, 0.3) is 5.91 Å². The van der Waals surface area contributed by atoms with E-state index >= 15 is 0 Å². The number of nitrogens with one attached hydrogen (secondary N) is 1. The van der Waals surface area contributed by atoms with E-state index in [1.807, 2.05) is 17.2 Å². The van der Waals surface area contributed by atoms with Crippen LogP contribution in [0.2, 0.25) is 0 Å². The number of hydrogen-bond acceptors (Lipinski definition) is 4. The zero-order valence-corrected chi connectivity index (χ0v) is 18.3. The second kappa shape index (κ2) is 11.4. The van der Waals surface area contributed by atoms with Crippen molar-refractivity contribution in [2.75, 3.05) is 45.9 Å². The molecule has 2 fully saturated rings. The molecule has 3 heterocycles. The highest BCUT2D eigenvalue weighted by Gasteiger charge is 2.30. The van der Waals surface area contributed by atoms with Gasteiger partial charge in [-0.25, -0.2) is 0 Å². The van der Waals surface area contributed by atoms with Gasteiger partial charge >= 0.3 is 0 Å². The molecule has 1 atom stereocenters. The fourth-order valence-corrected chi connectivity index (χ4v) is 3.38. The minimum absolute atomic E-state index is 0. The number of nitrogens with zero attached hydrogens (tertiary/aromatic N) is 4. The van der Waals surface area contributed by atoms with Gasteiger partial charge in [0.2, 0.25) is 0 Å². The molecule has 0 saturated carbocycles. The van der Waals surface area contributed by atoms with Crippen molar-refractivity contribution >= 4 is 35.8 Å². The Labute approximate surface area is 178 Å². The van der Waals surface area contributed by atoms with Crippen LogP contribution in [0.4, 0.5) is 0 Å². The van der Waals surface area contributed by atoms with E-state index < -0.39 is 0 Å². The van der Waals surface area contributed by atoms with Crippen molar-refractivity contribution in [1.29, 1.82) is 0 Å². The first-order valence-corrected chi connectivity index (χ1v) is 9.60. The lowest BCUT2D eigenvalue weighted by molar-refractivity contribution is -0.142. The number of pyridine rings is 1. The molecule has 27 heavy (non-hydrogen) atoms. The van der Waals surface area contributed by atoms with Gasteiger partial charge in [-0.1, -0.05) is 6.07 Å². The maximum Gasteiger partial charge on any atom is 0.251 e. The first-order chi connectivity index (χ1) is 12.8. The van der Waals surface area contributed by atoms with Crippen LogP contribution in [0.1, 0.15) is 25.3 Å². The molecule has 0 bridgehead atoms. The number of piperazine rings is 1. The summed E-state index contributed by atoms with van der Waals surface area (Å²) in [5.74, 6) is 1.08. The Morgan fingerprint density at radius 3 is 2.74 bits per heavy atom. The lowest BCUT2D eigenvalue weighted by Crippen LogP contribution is -2.55. The molecule has 0 radical (unpaired) electrons. The number of hydrogen-bond donors (Lipinski definition) is 1. The molecule has 0 spiro atoms. The van der Waals surface area contributed by atoms with Crippen molar-refractivity contribution in [3.8, 4) is 0 Å². The molecule has 1 unspecified atom stereocenters. The Hall–Kier alpha value is -1.42. The number of carbonyl (C=O) groups is 1. The summed E-state index contributed by atoms with van der Waals surface area (Å²) in [6.07, 6.45) is 6.18. The first kappa shape index (κ1) is 21.9. The first-order valence-electron chi connectivity index (χ1n) is 9.60. The summed E-state index contributed by atoms with van der Waals surface area (Å²) >= 11 is 0. The number of aromatic nitrogens is 1. The smallest absolute Gasteiger partial charge is 0.251 e. The minimum Gasteiger partial charge on any atom is -0.368 e. The van der Waals surface area contributed by atoms with Gasteiger partial charge in [-0.3, -0.25) is 14.8 Å². The van der Waals surface area contributed by atoms with E-state index in [1.165, 1.54) is 5.56 Å². The average molecular weight is 487 g/mol. The Morgan fingerprint density at radius 1 is 1.33 bits per heavy atom. The molecule has 8 heteroatoms. The molecular weight excluding hydrogens is 457 g/mol. The van der Waals surface area contributed by atoms with Crippen LogP contribution >= 0.6 is 24.0 Å². The third kappa shape index (κ3) is 6.31. The summed E-state index contributed by atoms with van der Waals surface area (Å²) < 4.78 is 5.53. The van der Waals surface area contributed by atoms with Gasteiger partial charge in [-0.2, -0.15) is 0 Å². The lowest BCUT2D eigenvalue weighted by Gasteiger charge is -2.37. The van der Waals surface area contributed by atoms with Crippen molar-refractivity contribution in [2.24, 2.45) is 4.99 Å². The summed E-state index contributed by atoms with van der Waals surface area (Å²) in [5, 5.41) is 3.37. The summed E-state index contributed by atoms with van der Waals surface area (Å²) in [5.41, 5.74) is 1.19. The zero-order valence-electron chi connectivity index (χ0n) is 16.0. The van der Waals surface area contributed by atoms with Crippen LogP contribution in [0, 0.1) is 0 Å².